The first-order valence-corrected chi connectivity index (χ1v) is 6.86. The number of carbonyl (C=O) groups excluding carboxylic acids is 2. The molecule has 4 nitrogen and oxygen atoms in total. The average molecular weight is 299 g/mol. The Morgan fingerprint density at radius 3 is 2.70 bits per heavy atom. The Morgan fingerprint density at radius 1 is 1.40 bits per heavy atom. The predicted molar refractivity (Wildman–Crippen MR) is 73.6 cm³/mol. The van der Waals surface area contributed by atoms with E-state index in [1.54, 1.807) is 6.92 Å². The lowest BCUT2D eigenvalue weighted by atomic mass is 10.0. The van der Waals surface area contributed by atoms with Crippen molar-refractivity contribution in [1.29, 1.82) is 0 Å². The molecule has 0 aliphatic carbocycles. The molecule has 2 amide bonds. The summed E-state index contributed by atoms with van der Waals surface area (Å²) in [5.41, 5.74) is 0.627. The van der Waals surface area contributed by atoms with Gasteiger partial charge < -0.3 is 10.2 Å². The molecule has 0 bridgehead atoms. The first kappa shape index (κ1) is 14.8. The largest absolute Gasteiger partial charge is 0.343 e. The van der Waals surface area contributed by atoms with E-state index < -0.39 is 17.9 Å². The van der Waals surface area contributed by atoms with Gasteiger partial charge in [0.2, 0.25) is 11.8 Å². The minimum absolute atomic E-state index is 0.156. The fraction of sp³-hybridized carbons (Fsp3) is 0.429. The molecule has 0 saturated carbocycles. The van der Waals surface area contributed by atoms with Crippen molar-refractivity contribution in [2.75, 3.05) is 0 Å². The summed E-state index contributed by atoms with van der Waals surface area (Å²) in [5, 5.41) is 2.90. The SMILES string of the molecule is CCC1C(=O)NC(C)C(=O)N1Cc1ccc(F)cc1Cl. The summed E-state index contributed by atoms with van der Waals surface area (Å²) in [6.07, 6.45) is 0.517. The van der Waals surface area contributed by atoms with Gasteiger partial charge >= 0.3 is 0 Å². The Hall–Kier alpha value is -1.62. The van der Waals surface area contributed by atoms with Crippen molar-refractivity contribution in [1.82, 2.24) is 10.2 Å². The number of amides is 2. The summed E-state index contributed by atoms with van der Waals surface area (Å²) in [6, 6.07) is 2.97. The van der Waals surface area contributed by atoms with Gasteiger partial charge in [-0.2, -0.15) is 0 Å². The molecule has 1 aromatic rings. The maximum absolute atomic E-state index is 13.0. The summed E-state index contributed by atoms with van der Waals surface area (Å²) in [4.78, 5) is 25.6. The number of halogens is 2. The van der Waals surface area contributed by atoms with Crippen LogP contribution in [0, 0.1) is 5.82 Å². The lowest BCUT2D eigenvalue weighted by Crippen LogP contribution is -2.61. The Bertz CT molecular complexity index is 550. The third kappa shape index (κ3) is 2.77. The van der Waals surface area contributed by atoms with Crippen LogP contribution in [0.15, 0.2) is 18.2 Å². The second kappa shape index (κ2) is 5.79. The quantitative estimate of drug-likeness (QED) is 0.929. The maximum Gasteiger partial charge on any atom is 0.245 e. The summed E-state index contributed by atoms with van der Waals surface area (Å²) in [5.74, 6) is -0.753. The zero-order valence-corrected chi connectivity index (χ0v) is 12.1. The minimum Gasteiger partial charge on any atom is -0.343 e. The van der Waals surface area contributed by atoms with E-state index in [0.29, 0.717) is 12.0 Å². The van der Waals surface area contributed by atoms with Crippen molar-refractivity contribution in [2.45, 2.75) is 38.9 Å². The second-order valence-corrected chi connectivity index (χ2v) is 5.26. The topological polar surface area (TPSA) is 49.4 Å². The molecule has 1 saturated heterocycles. The third-order valence-electron chi connectivity index (χ3n) is 3.43. The highest BCUT2D eigenvalue weighted by atomic mass is 35.5. The zero-order valence-electron chi connectivity index (χ0n) is 11.3. The van der Waals surface area contributed by atoms with Gasteiger partial charge in [-0.3, -0.25) is 9.59 Å². The van der Waals surface area contributed by atoms with Gasteiger partial charge in [-0.05, 0) is 31.0 Å². The number of piperazine rings is 1. The highest BCUT2D eigenvalue weighted by Gasteiger charge is 2.37. The molecular formula is C14H16ClFN2O2. The van der Waals surface area contributed by atoms with Crippen molar-refractivity contribution in [3.05, 3.63) is 34.6 Å². The maximum atomic E-state index is 13.0. The van der Waals surface area contributed by atoms with Gasteiger partial charge in [0.25, 0.3) is 0 Å². The monoisotopic (exact) mass is 298 g/mol. The molecule has 20 heavy (non-hydrogen) atoms. The van der Waals surface area contributed by atoms with Crippen LogP contribution in [0.1, 0.15) is 25.8 Å². The third-order valence-corrected chi connectivity index (χ3v) is 3.79. The molecule has 1 fully saturated rings. The van der Waals surface area contributed by atoms with Crippen LogP contribution >= 0.6 is 11.6 Å². The molecule has 2 atom stereocenters. The first-order chi connectivity index (χ1) is 9.43. The van der Waals surface area contributed by atoms with Crippen molar-refractivity contribution >= 4 is 23.4 Å². The Labute approximate surface area is 121 Å². The highest BCUT2D eigenvalue weighted by Crippen LogP contribution is 2.22. The highest BCUT2D eigenvalue weighted by molar-refractivity contribution is 6.31. The van der Waals surface area contributed by atoms with Crippen molar-refractivity contribution < 1.29 is 14.0 Å². The molecule has 1 aromatic carbocycles. The number of hydrogen-bond acceptors (Lipinski definition) is 2. The van der Waals surface area contributed by atoms with Crippen LogP contribution in [0.25, 0.3) is 0 Å². The van der Waals surface area contributed by atoms with Gasteiger partial charge in [-0.1, -0.05) is 24.6 Å². The Morgan fingerprint density at radius 2 is 2.10 bits per heavy atom. The van der Waals surface area contributed by atoms with E-state index in [0.717, 1.165) is 0 Å². The van der Waals surface area contributed by atoms with Crippen LogP contribution in [0.2, 0.25) is 5.02 Å². The smallest absolute Gasteiger partial charge is 0.245 e. The van der Waals surface area contributed by atoms with E-state index >= 15 is 0 Å². The van der Waals surface area contributed by atoms with Gasteiger partial charge in [0.1, 0.15) is 17.9 Å². The fourth-order valence-corrected chi connectivity index (χ4v) is 2.57. The van der Waals surface area contributed by atoms with E-state index in [4.69, 9.17) is 11.6 Å². The lowest BCUT2D eigenvalue weighted by molar-refractivity contribution is -0.149. The number of nitrogens with zero attached hydrogens (tertiary/aromatic N) is 1. The molecule has 1 aliphatic rings. The van der Waals surface area contributed by atoms with Gasteiger partial charge in [0.05, 0.1) is 0 Å². The van der Waals surface area contributed by atoms with E-state index in [-0.39, 0.29) is 23.4 Å². The Balaban J connectivity index is 2.28. The molecule has 0 aromatic heterocycles. The van der Waals surface area contributed by atoms with E-state index in [9.17, 15) is 14.0 Å². The van der Waals surface area contributed by atoms with Crippen LogP contribution in [0.4, 0.5) is 4.39 Å². The molecule has 6 heteroatoms. The molecule has 0 spiro atoms. The lowest BCUT2D eigenvalue weighted by Gasteiger charge is -2.37. The number of rotatable bonds is 3. The molecule has 2 rings (SSSR count). The second-order valence-electron chi connectivity index (χ2n) is 4.86. The van der Waals surface area contributed by atoms with Crippen molar-refractivity contribution in [3.63, 3.8) is 0 Å². The van der Waals surface area contributed by atoms with Crippen molar-refractivity contribution in [3.8, 4) is 0 Å². The van der Waals surface area contributed by atoms with Crippen LogP contribution in [-0.4, -0.2) is 28.8 Å². The molecule has 2 unspecified atom stereocenters. The predicted octanol–water partition coefficient (Wildman–Crippen LogP) is 2.10. The number of carbonyl (C=O) groups is 2. The van der Waals surface area contributed by atoms with Gasteiger partial charge in [0.15, 0.2) is 0 Å². The van der Waals surface area contributed by atoms with Gasteiger partial charge in [-0.15, -0.1) is 0 Å². The van der Waals surface area contributed by atoms with Gasteiger partial charge in [0, 0.05) is 11.6 Å². The van der Waals surface area contributed by atoms with Gasteiger partial charge in [-0.25, -0.2) is 4.39 Å². The molecular weight excluding hydrogens is 283 g/mol. The summed E-state index contributed by atoms with van der Waals surface area (Å²) >= 11 is 5.98. The molecule has 1 N–H and O–H groups in total. The molecule has 108 valence electrons. The van der Waals surface area contributed by atoms with Crippen LogP contribution in [0.5, 0.6) is 0 Å². The van der Waals surface area contributed by atoms with Crippen LogP contribution in [0.3, 0.4) is 0 Å². The number of hydrogen-bond donors (Lipinski definition) is 1. The summed E-state index contributed by atoms with van der Waals surface area (Å²) < 4.78 is 13.0. The molecule has 1 aliphatic heterocycles. The first-order valence-electron chi connectivity index (χ1n) is 6.48. The normalized spacial score (nSPS) is 22.9. The van der Waals surface area contributed by atoms with Crippen LogP contribution < -0.4 is 5.32 Å². The van der Waals surface area contributed by atoms with Crippen molar-refractivity contribution in [2.24, 2.45) is 0 Å². The molecule has 1 heterocycles. The van der Waals surface area contributed by atoms with E-state index in [1.807, 2.05) is 6.92 Å². The van der Waals surface area contributed by atoms with E-state index in [2.05, 4.69) is 5.32 Å². The standard InChI is InChI=1S/C14H16ClFN2O2/c1-3-12-13(19)17-8(2)14(20)18(12)7-9-4-5-10(16)6-11(9)15/h4-6,8,12H,3,7H2,1-2H3,(H,17,19). The average Bonchev–Trinajstić information content (AvgIpc) is 2.38. The number of nitrogens with one attached hydrogen (secondary N) is 1. The summed E-state index contributed by atoms with van der Waals surface area (Å²) in [7, 11) is 0. The van der Waals surface area contributed by atoms with E-state index in [1.165, 1.54) is 23.1 Å². The zero-order chi connectivity index (χ0) is 14.9. The summed E-state index contributed by atoms with van der Waals surface area (Å²) in [6.45, 7) is 3.69. The Kier molecular flexibility index (Phi) is 4.28. The number of benzene rings is 1. The van der Waals surface area contributed by atoms with Crippen LogP contribution in [-0.2, 0) is 16.1 Å². The molecule has 0 radical (unpaired) electrons. The fourth-order valence-electron chi connectivity index (χ4n) is 2.34. The minimum atomic E-state index is -0.551.